The van der Waals surface area contributed by atoms with Crippen molar-refractivity contribution in [3.63, 3.8) is 0 Å². The molecule has 0 fully saturated rings. The molecule has 144 valence electrons. The number of nitrogens with one attached hydrogen (secondary N) is 1. The van der Waals surface area contributed by atoms with Gasteiger partial charge >= 0.3 is 6.18 Å². The molecule has 2 amide bonds. The Morgan fingerprint density at radius 3 is 2.50 bits per heavy atom. The van der Waals surface area contributed by atoms with Crippen LogP contribution in [0.4, 0.5) is 13.2 Å². The molecule has 0 saturated heterocycles. The Balaban J connectivity index is 2.52. The second-order valence-corrected chi connectivity index (χ2v) is 6.18. The quantitative estimate of drug-likeness (QED) is 0.460. The molecular weight excluding hydrogens is 345 g/mol. The van der Waals surface area contributed by atoms with Gasteiger partial charge in [-0.15, -0.1) is 6.58 Å². The molecule has 0 saturated carbocycles. The summed E-state index contributed by atoms with van der Waals surface area (Å²) >= 11 is 0. The lowest BCUT2D eigenvalue weighted by Crippen LogP contribution is -2.45. The van der Waals surface area contributed by atoms with E-state index in [1.807, 2.05) is 6.08 Å². The molecule has 1 rings (SSSR count). The average molecular weight is 370 g/mol. The first-order valence-electron chi connectivity index (χ1n) is 8.59. The minimum absolute atomic E-state index is 0.227. The lowest BCUT2D eigenvalue weighted by Gasteiger charge is -2.16. The summed E-state index contributed by atoms with van der Waals surface area (Å²) in [5, 5.41) is 2.51. The standard InChI is InChI=1S/C19H25F3N2O2/c1-2-3-4-5-6-7-11-16(18(23)26)24-17(25)13-14-9-8-10-15(12-14)19(20,21)22/h2,8-10,12,16H,1,3-7,11,13H2,(H2,23,26)(H,24,25)/t16-/m0/s1. The largest absolute Gasteiger partial charge is 0.416 e. The minimum atomic E-state index is -4.46. The third-order valence-corrected chi connectivity index (χ3v) is 3.95. The van der Waals surface area contributed by atoms with Gasteiger partial charge in [0.05, 0.1) is 12.0 Å². The highest BCUT2D eigenvalue weighted by Crippen LogP contribution is 2.29. The van der Waals surface area contributed by atoms with Gasteiger partial charge < -0.3 is 11.1 Å². The summed E-state index contributed by atoms with van der Waals surface area (Å²) in [4.78, 5) is 23.5. The van der Waals surface area contributed by atoms with Crippen molar-refractivity contribution in [2.24, 2.45) is 5.73 Å². The first-order chi connectivity index (χ1) is 12.2. The Kier molecular flexibility index (Phi) is 8.88. The van der Waals surface area contributed by atoms with Crippen LogP contribution in [0.3, 0.4) is 0 Å². The van der Waals surface area contributed by atoms with Gasteiger partial charge in [-0.1, -0.05) is 43.5 Å². The van der Waals surface area contributed by atoms with Crippen molar-refractivity contribution in [2.45, 2.75) is 57.2 Å². The van der Waals surface area contributed by atoms with Crippen LogP contribution in [0.2, 0.25) is 0 Å². The van der Waals surface area contributed by atoms with Crippen molar-refractivity contribution in [3.05, 3.63) is 48.0 Å². The molecule has 0 unspecified atom stereocenters. The molecule has 26 heavy (non-hydrogen) atoms. The summed E-state index contributed by atoms with van der Waals surface area (Å²) in [6, 6.07) is 3.75. The molecule has 0 aromatic heterocycles. The van der Waals surface area contributed by atoms with Gasteiger partial charge in [0.15, 0.2) is 0 Å². The Hall–Kier alpha value is -2.31. The second-order valence-electron chi connectivity index (χ2n) is 6.18. The van der Waals surface area contributed by atoms with Crippen molar-refractivity contribution < 1.29 is 22.8 Å². The van der Waals surface area contributed by atoms with E-state index in [1.165, 1.54) is 12.1 Å². The van der Waals surface area contributed by atoms with Crippen molar-refractivity contribution in [1.82, 2.24) is 5.32 Å². The summed E-state index contributed by atoms with van der Waals surface area (Å²) in [6.45, 7) is 3.64. The number of nitrogens with two attached hydrogens (primary N) is 1. The molecule has 0 aliphatic rings. The summed E-state index contributed by atoms with van der Waals surface area (Å²) in [5.74, 6) is -1.17. The first kappa shape index (κ1) is 21.7. The van der Waals surface area contributed by atoms with E-state index >= 15 is 0 Å². The number of hydrogen-bond donors (Lipinski definition) is 2. The number of amides is 2. The van der Waals surface area contributed by atoms with Crippen LogP contribution in [0.15, 0.2) is 36.9 Å². The zero-order valence-corrected chi connectivity index (χ0v) is 14.6. The van der Waals surface area contributed by atoms with Gasteiger partial charge in [-0.25, -0.2) is 0 Å². The number of alkyl halides is 3. The molecule has 1 aromatic rings. The van der Waals surface area contributed by atoms with E-state index in [0.717, 1.165) is 44.2 Å². The fourth-order valence-corrected chi connectivity index (χ4v) is 2.56. The Bertz CT molecular complexity index is 615. The molecule has 7 heteroatoms. The molecule has 0 spiro atoms. The van der Waals surface area contributed by atoms with Gasteiger partial charge in [-0.2, -0.15) is 13.2 Å². The fourth-order valence-electron chi connectivity index (χ4n) is 2.56. The molecule has 0 bridgehead atoms. The monoisotopic (exact) mass is 370 g/mol. The molecular formula is C19H25F3N2O2. The van der Waals surface area contributed by atoms with E-state index in [4.69, 9.17) is 5.73 Å². The summed E-state index contributed by atoms with van der Waals surface area (Å²) in [7, 11) is 0. The average Bonchev–Trinajstić information content (AvgIpc) is 2.56. The molecule has 0 heterocycles. The molecule has 1 aromatic carbocycles. The van der Waals surface area contributed by atoms with Gasteiger partial charge in [0.25, 0.3) is 0 Å². The first-order valence-corrected chi connectivity index (χ1v) is 8.59. The number of carbonyl (C=O) groups is 2. The SMILES string of the molecule is C=CCCCCCC[C@H](NC(=O)Cc1cccc(C(F)(F)F)c1)C(N)=O. The zero-order chi connectivity index (χ0) is 19.6. The van der Waals surface area contributed by atoms with Crippen LogP contribution >= 0.6 is 0 Å². The van der Waals surface area contributed by atoms with E-state index in [2.05, 4.69) is 11.9 Å². The highest BCUT2D eigenvalue weighted by Gasteiger charge is 2.30. The van der Waals surface area contributed by atoms with Crippen LogP contribution in [0.1, 0.15) is 49.7 Å². The van der Waals surface area contributed by atoms with E-state index in [9.17, 15) is 22.8 Å². The van der Waals surface area contributed by atoms with Crippen molar-refractivity contribution >= 4 is 11.8 Å². The van der Waals surface area contributed by atoms with Gasteiger partial charge in [0.2, 0.25) is 11.8 Å². The molecule has 0 aliphatic heterocycles. The van der Waals surface area contributed by atoms with Crippen LogP contribution in [0.5, 0.6) is 0 Å². The highest BCUT2D eigenvalue weighted by molar-refractivity contribution is 5.87. The molecule has 0 aliphatic carbocycles. The molecule has 1 atom stereocenters. The molecule has 4 nitrogen and oxygen atoms in total. The maximum Gasteiger partial charge on any atom is 0.416 e. The molecule has 3 N–H and O–H groups in total. The number of allylic oxidation sites excluding steroid dienone is 1. The maximum atomic E-state index is 12.7. The van der Waals surface area contributed by atoms with Crippen LogP contribution < -0.4 is 11.1 Å². The Morgan fingerprint density at radius 1 is 1.19 bits per heavy atom. The number of hydrogen-bond acceptors (Lipinski definition) is 2. The predicted octanol–water partition coefficient (Wildman–Crippen LogP) is 3.74. The second kappa shape index (κ2) is 10.6. The van der Waals surface area contributed by atoms with Crippen molar-refractivity contribution in [3.8, 4) is 0 Å². The zero-order valence-electron chi connectivity index (χ0n) is 14.6. The predicted molar refractivity (Wildman–Crippen MR) is 94.2 cm³/mol. The van der Waals surface area contributed by atoms with E-state index in [-0.39, 0.29) is 12.0 Å². The van der Waals surface area contributed by atoms with Gasteiger partial charge in [0.1, 0.15) is 6.04 Å². The molecule has 0 radical (unpaired) electrons. The number of carbonyl (C=O) groups excluding carboxylic acids is 2. The lowest BCUT2D eigenvalue weighted by molar-refractivity contribution is -0.137. The fraction of sp³-hybridized carbons (Fsp3) is 0.474. The number of rotatable bonds is 11. The Morgan fingerprint density at radius 2 is 1.88 bits per heavy atom. The minimum Gasteiger partial charge on any atom is -0.368 e. The number of unbranched alkanes of at least 4 members (excludes halogenated alkanes) is 4. The van der Waals surface area contributed by atoms with Crippen LogP contribution in [-0.2, 0) is 22.2 Å². The summed E-state index contributed by atoms with van der Waals surface area (Å²) < 4.78 is 38.1. The highest BCUT2D eigenvalue weighted by atomic mass is 19.4. The number of halogens is 3. The van der Waals surface area contributed by atoms with Crippen molar-refractivity contribution in [1.29, 1.82) is 0 Å². The third kappa shape index (κ3) is 8.18. The van der Waals surface area contributed by atoms with Crippen LogP contribution in [0, 0.1) is 0 Å². The van der Waals surface area contributed by atoms with Gasteiger partial charge in [0, 0.05) is 0 Å². The smallest absolute Gasteiger partial charge is 0.368 e. The number of benzene rings is 1. The van der Waals surface area contributed by atoms with Gasteiger partial charge in [-0.3, -0.25) is 9.59 Å². The van der Waals surface area contributed by atoms with E-state index in [1.54, 1.807) is 0 Å². The Labute approximate surface area is 151 Å². The van der Waals surface area contributed by atoms with E-state index < -0.39 is 29.6 Å². The lowest BCUT2D eigenvalue weighted by atomic mass is 10.0. The van der Waals surface area contributed by atoms with Crippen molar-refractivity contribution in [2.75, 3.05) is 0 Å². The summed E-state index contributed by atoms with van der Waals surface area (Å²) in [6.07, 6.45) is 2.14. The summed E-state index contributed by atoms with van der Waals surface area (Å²) in [5.41, 5.74) is 4.72. The van der Waals surface area contributed by atoms with Crippen LogP contribution in [0.25, 0.3) is 0 Å². The number of primary amides is 1. The van der Waals surface area contributed by atoms with Crippen LogP contribution in [-0.4, -0.2) is 17.9 Å². The normalized spacial score (nSPS) is 12.4. The van der Waals surface area contributed by atoms with Gasteiger partial charge in [-0.05, 0) is 30.9 Å². The van der Waals surface area contributed by atoms with E-state index in [0.29, 0.717) is 6.42 Å². The topological polar surface area (TPSA) is 72.2 Å². The maximum absolute atomic E-state index is 12.7. The third-order valence-electron chi connectivity index (χ3n) is 3.95.